The molecule has 0 atom stereocenters. The van der Waals surface area contributed by atoms with Crippen LogP contribution in [0.5, 0.6) is 0 Å². The molecule has 0 unspecified atom stereocenters. The van der Waals surface area contributed by atoms with Gasteiger partial charge in [0.2, 0.25) is 0 Å². The largest absolute Gasteiger partial charge is 0.480 e. The van der Waals surface area contributed by atoms with Gasteiger partial charge in [-0.15, -0.1) is 0 Å². The maximum absolute atomic E-state index is 12.2. The zero-order valence-corrected chi connectivity index (χ0v) is 12.0. The van der Waals surface area contributed by atoms with Crippen LogP contribution >= 0.6 is 0 Å². The molecule has 1 aliphatic rings. The lowest BCUT2D eigenvalue weighted by molar-refractivity contribution is -0.138. The van der Waals surface area contributed by atoms with Gasteiger partial charge in [0.25, 0.3) is 0 Å². The van der Waals surface area contributed by atoms with Crippen LogP contribution in [-0.4, -0.2) is 46.1 Å². The molecule has 0 aromatic carbocycles. The first-order valence-corrected chi connectivity index (χ1v) is 7.33. The highest BCUT2D eigenvalue weighted by molar-refractivity contribution is 5.80. The van der Waals surface area contributed by atoms with Crippen LogP contribution in [0.25, 0.3) is 0 Å². The molecule has 1 aliphatic carbocycles. The molecule has 0 bridgehead atoms. The molecule has 1 aromatic rings. The number of carboxylic acid groups (broad SMARTS) is 1. The molecule has 0 radical (unpaired) electrons. The second-order valence-electron chi connectivity index (χ2n) is 5.26. The van der Waals surface area contributed by atoms with Crippen LogP contribution in [0.2, 0.25) is 0 Å². The topological polar surface area (TPSA) is 82.5 Å². The summed E-state index contributed by atoms with van der Waals surface area (Å²) < 4.78 is 0. The summed E-state index contributed by atoms with van der Waals surface area (Å²) in [6, 6.07) is 5.41. The van der Waals surface area contributed by atoms with Gasteiger partial charge in [-0.2, -0.15) is 0 Å². The minimum atomic E-state index is -0.971. The zero-order valence-electron chi connectivity index (χ0n) is 12.0. The predicted octanol–water partition coefficient (Wildman–Crippen LogP) is 1.66. The van der Waals surface area contributed by atoms with Gasteiger partial charge in [0.05, 0.1) is 0 Å². The van der Waals surface area contributed by atoms with E-state index in [-0.39, 0.29) is 18.6 Å². The van der Waals surface area contributed by atoms with Gasteiger partial charge in [0.15, 0.2) is 0 Å². The van der Waals surface area contributed by atoms with Crippen molar-refractivity contribution in [2.75, 3.05) is 13.1 Å². The highest BCUT2D eigenvalue weighted by atomic mass is 16.4. The Morgan fingerprint density at radius 2 is 2.10 bits per heavy atom. The summed E-state index contributed by atoms with van der Waals surface area (Å²) in [7, 11) is 0. The Hall–Kier alpha value is -2.11. The number of aliphatic carboxylic acids is 1. The number of aromatic nitrogens is 1. The van der Waals surface area contributed by atoms with E-state index in [1.54, 1.807) is 6.20 Å². The Labute approximate surface area is 124 Å². The molecule has 0 spiro atoms. The van der Waals surface area contributed by atoms with Crippen molar-refractivity contribution in [3.8, 4) is 0 Å². The molecule has 2 amide bonds. The van der Waals surface area contributed by atoms with Gasteiger partial charge >= 0.3 is 12.0 Å². The first-order valence-electron chi connectivity index (χ1n) is 7.33. The Bertz CT molecular complexity index is 472. The van der Waals surface area contributed by atoms with E-state index in [1.165, 1.54) is 4.90 Å². The summed E-state index contributed by atoms with van der Waals surface area (Å²) in [6.45, 7) is 0.221. The number of carbonyl (C=O) groups is 2. The van der Waals surface area contributed by atoms with Gasteiger partial charge in [-0.3, -0.25) is 9.78 Å². The van der Waals surface area contributed by atoms with E-state index in [0.717, 1.165) is 31.4 Å². The lowest BCUT2D eigenvalue weighted by Gasteiger charge is -2.27. The van der Waals surface area contributed by atoms with E-state index < -0.39 is 5.97 Å². The number of carbonyl (C=O) groups excluding carboxylic acids is 1. The van der Waals surface area contributed by atoms with Crippen LogP contribution in [0, 0.1) is 0 Å². The van der Waals surface area contributed by atoms with Crippen LogP contribution < -0.4 is 5.32 Å². The summed E-state index contributed by atoms with van der Waals surface area (Å²) in [5.74, 6) is -0.971. The second-order valence-corrected chi connectivity index (χ2v) is 5.26. The van der Waals surface area contributed by atoms with Gasteiger partial charge in [0.1, 0.15) is 6.54 Å². The predicted molar refractivity (Wildman–Crippen MR) is 77.9 cm³/mol. The number of amides is 2. The molecule has 1 aromatic heterocycles. The van der Waals surface area contributed by atoms with E-state index in [4.69, 9.17) is 5.11 Å². The van der Waals surface area contributed by atoms with E-state index in [9.17, 15) is 9.59 Å². The number of hydrogen-bond donors (Lipinski definition) is 2. The highest BCUT2D eigenvalue weighted by Crippen LogP contribution is 2.23. The van der Waals surface area contributed by atoms with Crippen molar-refractivity contribution < 1.29 is 14.7 Å². The zero-order chi connectivity index (χ0) is 15.1. The van der Waals surface area contributed by atoms with Gasteiger partial charge in [-0.25, -0.2) is 4.79 Å². The molecular weight excluding hydrogens is 270 g/mol. The van der Waals surface area contributed by atoms with E-state index >= 15 is 0 Å². The first kappa shape index (κ1) is 15.3. The average molecular weight is 291 g/mol. The Morgan fingerprint density at radius 3 is 2.71 bits per heavy atom. The van der Waals surface area contributed by atoms with Crippen LogP contribution in [0.15, 0.2) is 24.4 Å². The quantitative estimate of drug-likeness (QED) is 0.835. The number of carboxylic acids is 1. The number of hydrogen-bond acceptors (Lipinski definition) is 3. The lowest BCUT2D eigenvalue weighted by atomic mass is 10.2. The number of pyridine rings is 1. The second kappa shape index (κ2) is 7.61. The van der Waals surface area contributed by atoms with Crippen molar-refractivity contribution in [2.45, 2.75) is 38.1 Å². The fraction of sp³-hybridized carbons (Fsp3) is 0.533. The third-order valence-corrected chi connectivity index (χ3v) is 3.72. The molecule has 2 N–H and O–H groups in total. The molecule has 114 valence electrons. The van der Waals surface area contributed by atoms with Crippen molar-refractivity contribution >= 4 is 12.0 Å². The Balaban J connectivity index is 1.84. The van der Waals surface area contributed by atoms with Crippen molar-refractivity contribution in [2.24, 2.45) is 0 Å². The van der Waals surface area contributed by atoms with Crippen LogP contribution in [0.4, 0.5) is 4.79 Å². The van der Waals surface area contributed by atoms with Crippen LogP contribution in [-0.2, 0) is 11.2 Å². The maximum atomic E-state index is 12.2. The lowest BCUT2D eigenvalue weighted by Crippen LogP contribution is -2.48. The van der Waals surface area contributed by atoms with Crippen molar-refractivity contribution in [1.82, 2.24) is 15.2 Å². The third kappa shape index (κ3) is 4.73. The Kier molecular flexibility index (Phi) is 5.54. The SMILES string of the molecule is O=C(O)CN(C(=O)NCCc1ccccn1)C1CCCC1. The maximum Gasteiger partial charge on any atom is 0.323 e. The summed E-state index contributed by atoms with van der Waals surface area (Å²) in [5.41, 5.74) is 0.906. The first-order chi connectivity index (χ1) is 10.2. The average Bonchev–Trinajstić information content (AvgIpc) is 2.99. The summed E-state index contributed by atoms with van der Waals surface area (Å²) in [4.78, 5) is 28.8. The molecule has 6 heteroatoms. The van der Waals surface area contributed by atoms with Gasteiger partial charge < -0.3 is 15.3 Å². The van der Waals surface area contributed by atoms with Crippen LogP contribution in [0.1, 0.15) is 31.4 Å². The number of rotatable bonds is 6. The third-order valence-electron chi connectivity index (χ3n) is 3.72. The fourth-order valence-corrected chi connectivity index (χ4v) is 2.67. The summed E-state index contributed by atoms with van der Waals surface area (Å²) >= 11 is 0. The molecule has 1 heterocycles. The number of urea groups is 1. The number of nitrogens with one attached hydrogen (secondary N) is 1. The van der Waals surface area contributed by atoms with Crippen molar-refractivity contribution in [3.05, 3.63) is 30.1 Å². The molecule has 1 saturated carbocycles. The molecule has 1 fully saturated rings. The van der Waals surface area contributed by atoms with Crippen LogP contribution in [0.3, 0.4) is 0 Å². The Morgan fingerprint density at radius 1 is 1.33 bits per heavy atom. The number of nitrogens with zero attached hydrogens (tertiary/aromatic N) is 2. The fourth-order valence-electron chi connectivity index (χ4n) is 2.67. The standard InChI is InChI=1S/C15H21N3O3/c19-14(20)11-18(13-6-1-2-7-13)15(21)17-10-8-12-5-3-4-9-16-12/h3-5,9,13H,1-2,6-8,10-11H2,(H,17,21)(H,19,20). The van der Waals surface area contributed by atoms with Crippen molar-refractivity contribution in [1.29, 1.82) is 0 Å². The van der Waals surface area contributed by atoms with E-state index in [2.05, 4.69) is 10.3 Å². The summed E-state index contributed by atoms with van der Waals surface area (Å²) in [6.07, 6.45) is 6.25. The van der Waals surface area contributed by atoms with Gasteiger partial charge in [-0.1, -0.05) is 18.9 Å². The minimum Gasteiger partial charge on any atom is -0.480 e. The van der Waals surface area contributed by atoms with E-state index in [1.807, 2.05) is 18.2 Å². The molecule has 2 rings (SSSR count). The normalized spacial score (nSPS) is 14.9. The molecular formula is C15H21N3O3. The van der Waals surface area contributed by atoms with Gasteiger partial charge in [-0.05, 0) is 25.0 Å². The highest BCUT2D eigenvalue weighted by Gasteiger charge is 2.28. The van der Waals surface area contributed by atoms with E-state index in [0.29, 0.717) is 13.0 Å². The molecule has 0 aliphatic heterocycles. The monoisotopic (exact) mass is 291 g/mol. The smallest absolute Gasteiger partial charge is 0.323 e. The minimum absolute atomic E-state index is 0.0518. The summed E-state index contributed by atoms with van der Waals surface area (Å²) in [5, 5.41) is 11.8. The van der Waals surface area contributed by atoms with Gasteiger partial charge in [0, 0.05) is 30.9 Å². The van der Waals surface area contributed by atoms with Crippen molar-refractivity contribution in [3.63, 3.8) is 0 Å². The molecule has 0 saturated heterocycles. The molecule has 21 heavy (non-hydrogen) atoms. The molecule has 6 nitrogen and oxygen atoms in total.